The van der Waals surface area contributed by atoms with Gasteiger partial charge in [-0.25, -0.2) is 10.0 Å². The number of rotatable bonds is 3. The maximum Gasteiger partial charge on any atom is 0.231 e. The average Bonchev–Trinajstić information content (AvgIpc) is 2.71. The number of hydrazine groups is 1. The summed E-state index contributed by atoms with van der Waals surface area (Å²) < 4.78 is 10.8. The standard InChI is InChI=1S/C15H22N2O2/c1-16(17-8-4-2-3-5-9-17)11-13-6-7-14-15(10-13)19-12-18-14/h6-7,10H,2-5,8-9,11-12H2,1H3. The van der Waals surface area contributed by atoms with Gasteiger partial charge in [0.05, 0.1) is 0 Å². The number of nitrogens with zero attached hydrogens (tertiary/aromatic N) is 2. The van der Waals surface area contributed by atoms with Crippen LogP contribution in [0.5, 0.6) is 11.5 Å². The van der Waals surface area contributed by atoms with Crippen LogP contribution in [0.25, 0.3) is 0 Å². The van der Waals surface area contributed by atoms with Gasteiger partial charge in [-0.05, 0) is 30.5 Å². The molecule has 1 aromatic carbocycles. The van der Waals surface area contributed by atoms with Crippen molar-refractivity contribution in [1.29, 1.82) is 0 Å². The third-order valence-electron chi connectivity index (χ3n) is 3.91. The van der Waals surface area contributed by atoms with Crippen molar-refractivity contribution in [1.82, 2.24) is 10.0 Å². The molecule has 0 amide bonds. The molecule has 1 saturated heterocycles. The Morgan fingerprint density at radius 1 is 1.05 bits per heavy atom. The predicted molar refractivity (Wildman–Crippen MR) is 74.1 cm³/mol. The predicted octanol–water partition coefficient (Wildman–Crippen LogP) is 2.64. The van der Waals surface area contributed by atoms with Gasteiger partial charge in [0.15, 0.2) is 11.5 Å². The molecule has 0 bridgehead atoms. The highest BCUT2D eigenvalue weighted by atomic mass is 16.7. The van der Waals surface area contributed by atoms with Crippen LogP contribution in [-0.2, 0) is 6.54 Å². The van der Waals surface area contributed by atoms with Crippen molar-refractivity contribution in [2.75, 3.05) is 26.9 Å². The number of ether oxygens (including phenoxy) is 2. The summed E-state index contributed by atoms with van der Waals surface area (Å²) in [6.45, 7) is 3.64. The first-order valence-corrected chi connectivity index (χ1v) is 7.17. The molecule has 1 fully saturated rings. The molecule has 0 radical (unpaired) electrons. The van der Waals surface area contributed by atoms with Crippen LogP contribution >= 0.6 is 0 Å². The van der Waals surface area contributed by atoms with Crippen LogP contribution in [0.2, 0.25) is 0 Å². The molecule has 19 heavy (non-hydrogen) atoms. The third-order valence-corrected chi connectivity index (χ3v) is 3.91. The van der Waals surface area contributed by atoms with Crippen LogP contribution in [0.15, 0.2) is 18.2 Å². The van der Waals surface area contributed by atoms with Crippen LogP contribution in [0.4, 0.5) is 0 Å². The van der Waals surface area contributed by atoms with E-state index in [0.29, 0.717) is 6.79 Å². The van der Waals surface area contributed by atoms with Gasteiger partial charge in [0.2, 0.25) is 6.79 Å². The highest BCUT2D eigenvalue weighted by Crippen LogP contribution is 2.32. The molecular formula is C15H22N2O2. The van der Waals surface area contributed by atoms with E-state index in [1.807, 2.05) is 6.07 Å². The van der Waals surface area contributed by atoms with Crippen molar-refractivity contribution in [3.63, 3.8) is 0 Å². The molecule has 3 rings (SSSR count). The van der Waals surface area contributed by atoms with Crippen molar-refractivity contribution >= 4 is 0 Å². The molecule has 0 aromatic heterocycles. The number of fused-ring (bicyclic) bond motifs is 1. The van der Waals surface area contributed by atoms with Crippen LogP contribution < -0.4 is 9.47 Å². The summed E-state index contributed by atoms with van der Waals surface area (Å²) in [5, 5.41) is 4.81. The first kappa shape index (κ1) is 12.8. The number of hydrogen-bond acceptors (Lipinski definition) is 4. The monoisotopic (exact) mass is 262 g/mol. The highest BCUT2D eigenvalue weighted by Gasteiger charge is 2.16. The zero-order valence-corrected chi connectivity index (χ0v) is 11.6. The summed E-state index contributed by atoms with van der Waals surface area (Å²) in [7, 11) is 2.18. The van der Waals surface area contributed by atoms with E-state index in [1.54, 1.807) is 0 Å². The van der Waals surface area contributed by atoms with Gasteiger partial charge in [-0.2, -0.15) is 0 Å². The zero-order valence-electron chi connectivity index (χ0n) is 11.6. The van der Waals surface area contributed by atoms with E-state index < -0.39 is 0 Å². The average molecular weight is 262 g/mol. The Hall–Kier alpha value is -1.26. The molecule has 1 aromatic rings. The highest BCUT2D eigenvalue weighted by molar-refractivity contribution is 5.44. The summed E-state index contributed by atoms with van der Waals surface area (Å²) in [6, 6.07) is 6.23. The normalized spacial score (nSPS) is 19.7. The Morgan fingerprint density at radius 2 is 1.79 bits per heavy atom. The molecule has 4 heteroatoms. The number of benzene rings is 1. The van der Waals surface area contributed by atoms with Crippen LogP contribution in [0.3, 0.4) is 0 Å². The van der Waals surface area contributed by atoms with Crippen molar-refractivity contribution in [2.24, 2.45) is 0 Å². The lowest BCUT2D eigenvalue weighted by Crippen LogP contribution is -2.39. The van der Waals surface area contributed by atoms with E-state index >= 15 is 0 Å². The number of hydrogen-bond donors (Lipinski definition) is 0. The Morgan fingerprint density at radius 3 is 2.58 bits per heavy atom. The minimum absolute atomic E-state index is 0.348. The van der Waals surface area contributed by atoms with Gasteiger partial charge in [0, 0.05) is 26.7 Å². The lowest BCUT2D eigenvalue weighted by molar-refractivity contribution is -0.00483. The molecule has 0 aliphatic carbocycles. The molecule has 0 atom stereocenters. The third kappa shape index (κ3) is 3.01. The van der Waals surface area contributed by atoms with Crippen molar-refractivity contribution < 1.29 is 9.47 Å². The summed E-state index contributed by atoms with van der Waals surface area (Å²) in [5.41, 5.74) is 1.27. The van der Waals surface area contributed by atoms with E-state index in [2.05, 4.69) is 29.2 Å². The van der Waals surface area contributed by atoms with Crippen molar-refractivity contribution in [3.05, 3.63) is 23.8 Å². The molecule has 2 heterocycles. The maximum atomic E-state index is 5.43. The van der Waals surface area contributed by atoms with Crippen LogP contribution in [0.1, 0.15) is 31.2 Å². The minimum Gasteiger partial charge on any atom is -0.454 e. The smallest absolute Gasteiger partial charge is 0.231 e. The fourth-order valence-electron chi connectivity index (χ4n) is 2.80. The largest absolute Gasteiger partial charge is 0.454 e. The first-order chi connectivity index (χ1) is 9.33. The molecule has 2 aliphatic heterocycles. The van der Waals surface area contributed by atoms with Crippen molar-refractivity contribution in [3.8, 4) is 11.5 Å². The summed E-state index contributed by atoms with van der Waals surface area (Å²) >= 11 is 0. The lowest BCUT2D eigenvalue weighted by atomic mass is 10.2. The van der Waals surface area contributed by atoms with E-state index in [-0.39, 0.29) is 0 Å². The fraction of sp³-hybridized carbons (Fsp3) is 0.600. The maximum absolute atomic E-state index is 5.43. The molecule has 4 nitrogen and oxygen atoms in total. The quantitative estimate of drug-likeness (QED) is 0.836. The van der Waals surface area contributed by atoms with Crippen molar-refractivity contribution in [2.45, 2.75) is 32.2 Å². The van der Waals surface area contributed by atoms with E-state index in [9.17, 15) is 0 Å². The van der Waals surface area contributed by atoms with E-state index in [0.717, 1.165) is 18.0 Å². The SMILES string of the molecule is CN(Cc1ccc2c(c1)OCO2)N1CCCCCC1. The first-order valence-electron chi connectivity index (χ1n) is 7.17. The minimum atomic E-state index is 0.348. The molecule has 0 spiro atoms. The Kier molecular flexibility index (Phi) is 3.89. The lowest BCUT2D eigenvalue weighted by Gasteiger charge is -2.31. The van der Waals surface area contributed by atoms with Gasteiger partial charge in [-0.15, -0.1) is 0 Å². The summed E-state index contributed by atoms with van der Waals surface area (Å²) in [5.74, 6) is 1.74. The molecular weight excluding hydrogens is 240 g/mol. The molecule has 0 unspecified atom stereocenters. The van der Waals surface area contributed by atoms with Gasteiger partial charge in [0.25, 0.3) is 0 Å². The van der Waals surface area contributed by atoms with Crippen LogP contribution in [-0.4, -0.2) is 36.9 Å². The summed E-state index contributed by atoms with van der Waals surface area (Å²) in [4.78, 5) is 0. The second-order valence-corrected chi connectivity index (χ2v) is 5.37. The second kappa shape index (κ2) is 5.80. The molecule has 0 N–H and O–H groups in total. The second-order valence-electron chi connectivity index (χ2n) is 5.37. The summed E-state index contributed by atoms with van der Waals surface area (Å²) in [6.07, 6.45) is 5.36. The topological polar surface area (TPSA) is 24.9 Å². The fourth-order valence-corrected chi connectivity index (χ4v) is 2.80. The molecule has 0 saturated carbocycles. The van der Waals surface area contributed by atoms with Gasteiger partial charge in [-0.1, -0.05) is 18.9 Å². The Bertz CT molecular complexity index is 428. The van der Waals surface area contributed by atoms with E-state index in [1.165, 1.54) is 44.3 Å². The molecule has 104 valence electrons. The van der Waals surface area contributed by atoms with Gasteiger partial charge >= 0.3 is 0 Å². The molecule has 2 aliphatic rings. The van der Waals surface area contributed by atoms with Gasteiger partial charge in [0.1, 0.15) is 0 Å². The van der Waals surface area contributed by atoms with E-state index in [4.69, 9.17) is 9.47 Å². The van der Waals surface area contributed by atoms with Crippen LogP contribution in [0, 0.1) is 0 Å². The Labute approximate surface area is 114 Å². The zero-order chi connectivity index (χ0) is 13.1. The Balaban J connectivity index is 1.63. The van der Waals surface area contributed by atoms with Gasteiger partial charge in [-0.3, -0.25) is 0 Å². The van der Waals surface area contributed by atoms with Gasteiger partial charge < -0.3 is 9.47 Å².